The number of rotatable bonds is 10. The number of carbonyl (C=O) groups is 2. The zero-order valence-electron chi connectivity index (χ0n) is 28.5. The van der Waals surface area contributed by atoms with E-state index in [0.29, 0.717) is 18.0 Å². The highest BCUT2D eigenvalue weighted by Gasteiger charge is 2.26. The van der Waals surface area contributed by atoms with E-state index in [1.54, 1.807) is 17.4 Å². The van der Waals surface area contributed by atoms with Crippen LogP contribution in [0.3, 0.4) is 0 Å². The molecule has 1 aliphatic carbocycles. The van der Waals surface area contributed by atoms with Crippen LogP contribution in [0.15, 0.2) is 84.9 Å². The molecule has 6 nitrogen and oxygen atoms in total. The summed E-state index contributed by atoms with van der Waals surface area (Å²) >= 11 is 1.61. The summed E-state index contributed by atoms with van der Waals surface area (Å²) in [5.41, 5.74) is 4.82. The Labute approximate surface area is 287 Å². The third kappa shape index (κ3) is 7.96. The van der Waals surface area contributed by atoms with Crippen LogP contribution in [-0.4, -0.2) is 30.0 Å². The minimum atomic E-state index is -0.844. The van der Waals surface area contributed by atoms with Gasteiger partial charge in [0.15, 0.2) is 0 Å². The number of ether oxygens (including phenoxy) is 2. The molecule has 248 valence electrons. The number of esters is 1. The van der Waals surface area contributed by atoms with Crippen LogP contribution in [0.4, 0.5) is 0 Å². The minimum Gasteiger partial charge on any atom is -0.467 e. The summed E-state index contributed by atoms with van der Waals surface area (Å²) in [5, 5.41) is 4.83. The second-order valence-electron chi connectivity index (χ2n) is 14.0. The topological polar surface area (TPSA) is 77.5 Å². The van der Waals surface area contributed by atoms with Gasteiger partial charge >= 0.3 is 5.97 Å². The smallest absolute Gasteiger partial charge is 0.328 e. The van der Waals surface area contributed by atoms with Crippen molar-refractivity contribution in [2.24, 2.45) is 5.92 Å². The third-order valence-corrected chi connectivity index (χ3v) is 10.4. The first-order chi connectivity index (χ1) is 23.1. The van der Waals surface area contributed by atoms with Crippen LogP contribution >= 0.6 is 11.3 Å². The molecule has 1 saturated carbocycles. The second kappa shape index (κ2) is 14.3. The lowest BCUT2D eigenvalue weighted by Gasteiger charge is -2.19. The quantitative estimate of drug-likeness (QED) is 0.151. The largest absolute Gasteiger partial charge is 0.467 e. The fourth-order valence-electron chi connectivity index (χ4n) is 6.41. The molecule has 1 atom stereocenters. The first kappa shape index (κ1) is 33.4. The van der Waals surface area contributed by atoms with E-state index in [9.17, 15) is 9.59 Å². The van der Waals surface area contributed by atoms with E-state index in [1.165, 1.54) is 31.1 Å². The maximum absolute atomic E-state index is 13.8. The maximum Gasteiger partial charge on any atom is 0.328 e. The van der Waals surface area contributed by atoms with Crippen LogP contribution in [0.5, 0.6) is 11.5 Å². The third-order valence-electron chi connectivity index (χ3n) is 9.22. The molecule has 0 aliphatic heterocycles. The molecule has 2 aromatic heterocycles. The lowest BCUT2D eigenvalue weighted by atomic mass is 9.87. The second-order valence-corrected chi connectivity index (χ2v) is 15.1. The van der Waals surface area contributed by atoms with Crippen molar-refractivity contribution in [2.75, 3.05) is 7.11 Å². The van der Waals surface area contributed by atoms with Crippen molar-refractivity contribution in [3.63, 3.8) is 0 Å². The Hall–Kier alpha value is -4.49. The molecule has 2 heterocycles. The van der Waals surface area contributed by atoms with Gasteiger partial charge < -0.3 is 14.8 Å². The van der Waals surface area contributed by atoms with Gasteiger partial charge in [0.25, 0.3) is 5.91 Å². The monoisotopic (exact) mass is 660 g/mol. The van der Waals surface area contributed by atoms with Crippen LogP contribution in [0.25, 0.3) is 21.2 Å². The summed E-state index contributed by atoms with van der Waals surface area (Å²) in [7, 11) is 1.35. The van der Waals surface area contributed by atoms with Gasteiger partial charge in [-0.1, -0.05) is 94.5 Å². The van der Waals surface area contributed by atoms with Crippen molar-refractivity contribution in [3.05, 3.63) is 112 Å². The number of benzene rings is 3. The number of aromatic nitrogens is 1. The van der Waals surface area contributed by atoms with Crippen LogP contribution in [0.1, 0.15) is 78.6 Å². The Morgan fingerprint density at radius 3 is 2.31 bits per heavy atom. The number of pyridine rings is 1. The molecule has 1 fully saturated rings. The van der Waals surface area contributed by atoms with Gasteiger partial charge in [-0.3, -0.25) is 4.79 Å². The zero-order valence-corrected chi connectivity index (χ0v) is 29.3. The summed E-state index contributed by atoms with van der Waals surface area (Å²) in [5.74, 6) is 1.14. The van der Waals surface area contributed by atoms with Crippen molar-refractivity contribution in [3.8, 4) is 21.9 Å². The number of nitrogens with zero attached hydrogens (tertiary/aromatic N) is 1. The summed E-state index contributed by atoms with van der Waals surface area (Å²) in [6.07, 6.45) is 5.87. The summed E-state index contributed by atoms with van der Waals surface area (Å²) < 4.78 is 11.4. The molecule has 1 aliphatic rings. The molecule has 0 unspecified atom stereocenters. The number of hydrogen-bond acceptors (Lipinski definition) is 6. The first-order valence-electron chi connectivity index (χ1n) is 16.8. The van der Waals surface area contributed by atoms with Gasteiger partial charge in [0.2, 0.25) is 0 Å². The maximum atomic E-state index is 13.8. The molecule has 0 spiro atoms. The van der Waals surface area contributed by atoms with E-state index in [4.69, 9.17) is 14.5 Å². The Balaban J connectivity index is 1.25. The van der Waals surface area contributed by atoms with Gasteiger partial charge in [-0.15, -0.1) is 11.3 Å². The number of fused-ring (bicyclic) bond motifs is 1. The summed E-state index contributed by atoms with van der Waals surface area (Å²) in [6, 6.07) is 27.6. The Bertz CT molecular complexity index is 1900. The van der Waals surface area contributed by atoms with E-state index in [0.717, 1.165) is 62.5 Å². The molecule has 6 rings (SSSR count). The number of carbonyl (C=O) groups excluding carboxylic acids is 2. The van der Waals surface area contributed by atoms with Crippen molar-refractivity contribution < 1.29 is 19.1 Å². The van der Waals surface area contributed by atoms with E-state index in [-0.39, 0.29) is 5.41 Å². The predicted octanol–water partition coefficient (Wildman–Crippen LogP) is 9.61. The predicted molar refractivity (Wildman–Crippen MR) is 194 cm³/mol. The first-order valence-corrected chi connectivity index (χ1v) is 17.6. The van der Waals surface area contributed by atoms with Crippen LogP contribution in [0, 0.1) is 12.8 Å². The Kier molecular flexibility index (Phi) is 9.97. The number of aryl methyl sites for hydroxylation is 1. The summed E-state index contributed by atoms with van der Waals surface area (Å²) in [4.78, 5) is 33.7. The summed E-state index contributed by atoms with van der Waals surface area (Å²) in [6.45, 7) is 8.65. The van der Waals surface area contributed by atoms with Crippen molar-refractivity contribution in [2.45, 2.75) is 77.7 Å². The van der Waals surface area contributed by atoms with Crippen LogP contribution in [0.2, 0.25) is 0 Å². The molecule has 1 N–H and O–H groups in total. The highest BCUT2D eigenvalue weighted by molar-refractivity contribution is 7.15. The van der Waals surface area contributed by atoms with Gasteiger partial charge in [-0.2, -0.15) is 0 Å². The number of amides is 1. The molecule has 0 saturated heterocycles. The van der Waals surface area contributed by atoms with Crippen LogP contribution < -0.4 is 10.1 Å². The Morgan fingerprint density at radius 1 is 0.917 bits per heavy atom. The normalized spacial score (nSPS) is 14.2. The van der Waals surface area contributed by atoms with E-state index < -0.39 is 17.9 Å². The van der Waals surface area contributed by atoms with E-state index >= 15 is 0 Å². The highest BCUT2D eigenvalue weighted by Crippen LogP contribution is 2.34. The highest BCUT2D eigenvalue weighted by atomic mass is 32.1. The lowest BCUT2D eigenvalue weighted by Crippen LogP contribution is -2.43. The molecule has 7 heteroatoms. The average Bonchev–Trinajstić information content (AvgIpc) is 3.77. The number of methoxy groups -OCH3 is 1. The molecule has 3 aromatic carbocycles. The zero-order chi connectivity index (χ0) is 33.8. The number of thiophene rings is 1. The van der Waals surface area contributed by atoms with E-state index in [2.05, 4.69) is 75.5 Å². The molecule has 0 bridgehead atoms. The molecule has 0 radical (unpaired) electrons. The van der Waals surface area contributed by atoms with Gasteiger partial charge in [-0.05, 0) is 83.7 Å². The molecule has 1 amide bonds. The number of nitrogens with one attached hydrogen (secondary N) is 1. The lowest BCUT2D eigenvalue weighted by molar-refractivity contribution is -0.142. The fraction of sp³-hybridized carbons (Fsp3) is 0.341. The van der Waals surface area contributed by atoms with E-state index in [1.807, 2.05) is 36.4 Å². The van der Waals surface area contributed by atoms with Gasteiger partial charge in [0, 0.05) is 27.3 Å². The average molecular weight is 661 g/mol. The van der Waals surface area contributed by atoms with Gasteiger partial charge in [0.1, 0.15) is 23.2 Å². The van der Waals surface area contributed by atoms with Crippen molar-refractivity contribution in [1.29, 1.82) is 0 Å². The van der Waals surface area contributed by atoms with Gasteiger partial charge in [0.05, 0.1) is 7.11 Å². The van der Waals surface area contributed by atoms with Gasteiger partial charge in [-0.25, -0.2) is 9.78 Å². The Morgan fingerprint density at radius 2 is 1.62 bits per heavy atom. The fourth-order valence-corrected chi connectivity index (χ4v) is 7.47. The molecule has 5 aromatic rings. The van der Waals surface area contributed by atoms with Crippen molar-refractivity contribution >= 4 is 34.0 Å². The van der Waals surface area contributed by atoms with Crippen LogP contribution in [-0.2, 0) is 27.8 Å². The molecular formula is C41H44N2O4S. The standard InChI is InChI=1S/C41H44N2O4S/c1-26-10-12-28(13-11-26)38-21-20-33(48-38)25-37(40(45)46-5)43-39(44)36-23-29-14-17-32(47-31-18-15-30(16-19-31)41(2,3)4)24-34(29)35(42-36)22-27-8-6-7-9-27/h10-21,23-24,27,37H,6-9,22,25H2,1-5H3,(H,43,44)/t37-/m0/s1. The minimum absolute atomic E-state index is 0.0678. The molecular weight excluding hydrogens is 617 g/mol. The number of hydrogen-bond donors (Lipinski definition) is 1. The van der Waals surface area contributed by atoms with Crippen molar-refractivity contribution in [1.82, 2.24) is 10.3 Å². The molecule has 48 heavy (non-hydrogen) atoms. The SMILES string of the molecule is COC(=O)[C@H](Cc1ccc(-c2ccc(C)cc2)s1)NC(=O)c1cc2ccc(Oc3ccc(C(C)(C)C)cc3)cc2c(CC2CCCC2)n1.